The van der Waals surface area contributed by atoms with Crippen LogP contribution in [0, 0.1) is 0 Å². The molecule has 2 amide bonds. The molecule has 2 heterocycles. The van der Waals surface area contributed by atoms with Crippen molar-refractivity contribution in [2.75, 3.05) is 26.2 Å². The number of carbonyl (C=O) groups excluding carboxylic acids is 3. The average molecular weight is 421 g/mol. The molecule has 1 aromatic heterocycles. The lowest BCUT2D eigenvalue weighted by Gasteiger charge is -2.32. The first-order valence-electron chi connectivity index (χ1n) is 9.57. The van der Waals surface area contributed by atoms with E-state index >= 15 is 0 Å². The number of nitrogens with one attached hydrogen (secondary N) is 1. The summed E-state index contributed by atoms with van der Waals surface area (Å²) in [5.74, 6) is -0.794. The zero-order chi connectivity index (χ0) is 21.4. The molecule has 9 heteroatoms. The van der Waals surface area contributed by atoms with Crippen LogP contribution in [0.3, 0.4) is 0 Å². The van der Waals surface area contributed by atoms with Gasteiger partial charge in [0, 0.05) is 18.0 Å². The Morgan fingerprint density at radius 1 is 1.45 bits per heavy atom. The molecule has 3 N–H and O–H groups in total. The number of hydrogen-bond donors (Lipinski definition) is 2. The van der Waals surface area contributed by atoms with Crippen LogP contribution in [0.25, 0.3) is 12.7 Å². The van der Waals surface area contributed by atoms with Crippen molar-refractivity contribution >= 4 is 41.6 Å². The highest BCUT2D eigenvalue weighted by atomic mass is 32.1. The van der Waals surface area contributed by atoms with Gasteiger partial charge < -0.3 is 20.7 Å². The number of rotatable bonds is 9. The number of ketones is 1. The molecule has 0 spiro atoms. The van der Waals surface area contributed by atoms with Crippen molar-refractivity contribution in [2.45, 2.75) is 38.3 Å². The summed E-state index contributed by atoms with van der Waals surface area (Å²) in [6.07, 6.45) is 4.33. The Bertz CT molecular complexity index is 866. The van der Waals surface area contributed by atoms with E-state index in [2.05, 4.69) is 23.5 Å². The lowest BCUT2D eigenvalue weighted by Crippen LogP contribution is -2.54. The maximum atomic E-state index is 13.0. The fourth-order valence-corrected chi connectivity index (χ4v) is 3.82. The normalized spacial score (nSPS) is 18.3. The van der Waals surface area contributed by atoms with E-state index in [4.69, 9.17) is 10.5 Å². The fourth-order valence-electron chi connectivity index (χ4n) is 2.98. The summed E-state index contributed by atoms with van der Waals surface area (Å²) in [4.78, 5) is 43.2. The molecule has 1 aliphatic rings. The van der Waals surface area contributed by atoms with Crippen LogP contribution >= 0.6 is 11.3 Å². The maximum Gasteiger partial charge on any atom is 0.251 e. The van der Waals surface area contributed by atoms with Crippen LogP contribution in [0.1, 0.15) is 36.0 Å². The largest absolute Gasteiger partial charge is 0.365 e. The third-order valence-electron chi connectivity index (χ3n) is 4.60. The summed E-state index contributed by atoms with van der Waals surface area (Å²) in [7, 11) is 0. The second-order valence-corrected chi connectivity index (χ2v) is 7.85. The summed E-state index contributed by atoms with van der Waals surface area (Å²) in [5, 5.41) is 3.67. The molecule has 1 fully saturated rings. The van der Waals surface area contributed by atoms with Gasteiger partial charge in [-0.15, -0.1) is 11.3 Å². The van der Waals surface area contributed by atoms with E-state index in [1.54, 1.807) is 17.1 Å². The van der Waals surface area contributed by atoms with Gasteiger partial charge in [0.25, 0.3) is 5.91 Å². The highest BCUT2D eigenvalue weighted by Crippen LogP contribution is 2.11. The van der Waals surface area contributed by atoms with Crippen LogP contribution in [-0.4, -0.2) is 65.9 Å². The standard InChI is InChI=1S/C20H28N4O4S/c1-4-7-15-13(2)29-20(23-15)18(26)16(8-5-6-9-21)22-19(27)17-12-24(14(3)25)10-11-28-17/h4,7,16-17H,1-2,5-6,8-12,21H2,3H3,(H,22,27)/b15-7+/t16-,17?/m0/s1. The molecule has 158 valence electrons. The number of unbranched alkanes of at least 4 members (excludes halogenated alkanes) is 1. The monoisotopic (exact) mass is 420 g/mol. The van der Waals surface area contributed by atoms with Crippen LogP contribution < -0.4 is 20.9 Å². The molecule has 0 radical (unpaired) electrons. The number of allylic oxidation sites excluding steroid dienone is 1. The van der Waals surface area contributed by atoms with Crippen LogP contribution in [0.2, 0.25) is 0 Å². The second kappa shape index (κ2) is 11.0. The van der Waals surface area contributed by atoms with Crippen LogP contribution in [-0.2, 0) is 14.3 Å². The minimum absolute atomic E-state index is 0.113. The van der Waals surface area contributed by atoms with Gasteiger partial charge in [0.1, 0.15) is 0 Å². The van der Waals surface area contributed by atoms with Crippen LogP contribution in [0.4, 0.5) is 0 Å². The van der Waals surface area contributed by atoms with Gasteiger partial charge in [-0.25, -0.2) is 4.98 Å². The van der Waals surface area contributed by atoms with E-state index in [-0.39, 0.29) is 29.8 Å². The number of hydrogen-bond acceptors (Lipinski definition) is 7. The zero-order valence-electron chi connectivity index (χ0n) is 16.7. The molecule has 1 saturated heterocycles. The number of Topliss-reactive ketones (excluding diaryl/α,β-unsaturated/α-hetero) is 1. The van der Waals surface area contributed by atoms with E-state index in [1.807, 2.05) is 0 Å². The minimum atomic E-state index is -0.804. The SMILES string of the molecule is C=C/C=c1/nc(C(=O)[C@H](CCCCN)NC(=O)C2CN(C(C)=O)CCO2)sc1=C. The van der Waals surface area contributed by atoms with E-state index in [0.29, 0.717) is 35.8 Å². The van der Waals surface area contributed by atoms with E-state index in [0.717, 1.165) is 6.42 Å². The molecular weight excluding hydrogens is 392 g/mol. The van der Waals surface area contributed by atoms with Gasteiger partial charge in [-0.05, 0) is 31.9 Å². The first-order valence-corrected chi connectivity index (χ1v) is 10.4. The van der Waals surface area contributed by atoms with Gasteiger partial charge in [0.05, 0.1) is 24.5 Å². The van der Waals surface area contributed by atoms with Gasteiger partial charge in [0.15, 0.2) is 11.1 Å². The highest BCUT2D eigenvalue weighted by Gasteiger charge is 2.31. The number of nitrogens with zero attached hydrogens (tertiary/aromatic N) is 2. The van der Waals surface area contributed by atoms with Gasteiger partial charge >= 0.3 is 0 Å². The highest BCUT2D eigenvalue weighted by molar-refractivity contribution is 7.11. The van der Waals surface area contributed by atoms with Crippen molar-refractivity contribution in [2.24, 2.45) is 5.73 Å². The van der Waals surface area contributed by atoms with Crippen molar-refractivity contribution in [1.29, 1.82) is 0 Å². The summed E-state index contributed by atoms with van der Waals surface area (Å²) >= 11 is 1.19. The number of morpholine rings is 1. The van der Waals surface area contributed by atoms with Crippen molar-refractivity contribution < 1.29 is 19.1 Å². The Balaban J connectivity index is 2.15. The molecule has 8 nitrogen and oxygen atoms in total. The minimum Gasteiger partial charge on any atom is -0.365 e. The summed E-state index contributed by atoms with van der Waals surface area (Å²) in [5.41, 5.74) is 5.56. The maximum absolute atomic E-state index is 13.0. The van der Waals surface area contributed by atoms with Gasteiger partial charge in [-0.2, -0.15) is 0 Å². The summed E-state index contributed by atoms with van der Waals surface area (Å²) < 4.78 is 6.17. The fraction of sp³-hybridized carbons (Fsp3) is 0.500. The third kappa shape index (κ3) is 6.31. The van der Waals surface area contributed by atoms with E-state index in [9.17, 15) is 14.4 Å². The number of amides is 2. The first kappa shape index (κ1) is 22.9. The quantitative estimate of drug-likeness (QED) is 0.414. The predicted octanol–water partition coefficient (Wildman–Crippen LogP) is -0.436. The van der Waals surface area contributed by atoms with Crippen molar-refractivity contribution in [3.63, 3.8) is 0 Å². The molecule has 1 aliphatic heterocycles. The number of ether oxygens (including phenoxy) is 1. The molecule has 0 aromatic carbocycles. The van der Waals surface area contributed by atoms with Crippen LogP contribution in [0.5, 0.6) is 0 Å². The summed E-state index contributed by atoms with van der Waals surface area (Å²) in [6, 6.07) is -0.743. The molecule has 1 aromatic rings. The van der Waals surface area contributed by atoms with Crippen molar-refractivity contribution in [3.8, 4) is 0 Å². The number of carbonyl (C=O) groups is 3. The Kier molecular flexibility index (Phi) is 8.69. The van der Waals surface area contributed by atoms with Gasteiger partial charge in [-0.1, -0.05) is 19.2 Å². The Hall–Kier alpha value is -2.36. The Morgan fingerprint density at radius 2 is 2.21 bits per heavy atom. The molecule has 0 bridgehead atoms. The van der Waals surface area contributed by atoms with Crippen LogP contribution in [0.15, 0.2) is 12.7 Å². The molecule has 1 unspecified atom stereocenters. The molecule has 29 heavy (non-hydrogen) atoms. The van der Waals surface area contributed by atoms with Crippen molar-refractivity contribution in [1.82, 2.24) is 15.2 Å². The average Bonchev–Trinajstić information content (AvgIpc) is 3.07. The Morgan fingerprint density at radius 3 is 2.86 bits per heavy atom. The lowest BCUT2D eigenvalue weighted by molar-refractivity contribution is -0.146. The number of aromatic nitrogens is 1. The smallest absolute Gasteiger partial charge is 0.251 e. The zero-order valence-corrected chi connectivity index (χ0v) is 17.5. The topological polar surface area (TPSA) is 115 Å². The van der Waals surface area contributed by atoms with Crippen molar-refractivity contribution in [3.05, 3.63) is 27.5 Å². The molecule has 0 aliphatic carbocycles. The second-order valence-electron chi connectivity index (χ2n) is 6.76. The summed E-state index contributed by atoms with van der Waals surface area (Å²) in [6.45, 7) is 10.4. The molecular formula is C20H28N4O4S. The molecule has 2 rings (SSSR count). The van der Waals surface area contributed by atoms with Gasteiger partial charge in [-0.3, -0.25) is 14.4 Å². The predicted molar refractivity (Wildman–Crippen MR) is 113 cm³/mol. The third-order valence-corrected chi connectivity index (χ3v) is 5.54. The van der Waals surface area contributed by atoms with Gasteiger partial charge in [0.2, 0.25) is 11.7 Å². The van der Waals surface area contributed by atoms with E-state index in [1.165, 1.54) is 18.3 Å². The lowest BCUT2D eigenvalue weighted by atomic mass is 10.0. The molecule has 0 saturated carbocycles. The molecule has 2 atom stereocenters. The number of thiazole rings is 1. The van der Waals surface area contributed by atoms with E-state index < -0.39 is 18.1 Å². The first-order chi connectivity index (χ1) is 13.9. The number of nitrogens with two attached hydrogens (primary N) is 1. The Labute approximate surface area is 174 Å².